The Bertz CT molecular complexity index is 1670. The summed E-state index contributed by atoms with van der Waals surface area (Å²) in [6, 6.07) is 22.0. The lowest BCUT2D eigenvalue weighted by molar-refractivity contribution is -0.193. The molecular formula is C36H36FNO4S. The smallest absolute Gasteiger partial charge is 0.337 e. The number of allylic oxidation sites excluding steroid dienone is 1. The molecule has 4 aromatic rings. The maximum absolute atomic E-state index is 13.8. The van der Waals surface area contributed by atoms with Gasteiger partial charge in [-0.3, -0.25) is 9.18 Å². The molecule has 0 spiro atoms. The number of hydrogen-bond donors (Lipinski definition) is 0. The van der Waals surface area contributed by atoms with Crippen LogP contribution < -0.4 is 0 Å². The Morgan fingerprint density at radius 1 is 1.05 bits per heavy atom. The number of nitrogens with zero attached hydrogens (tertiary/aromatic N) is 1. The molecule has 0 amide bonds. The van der Waals surface area contributed by atoms with Crippen LogP contribution in [0.1, 0.15) is 70.9 Å². The van der Waals surface area contributed by atoms with Crippen molar-refractivity contribution in [2.75, 3.05) is 20.4 Å². The normalized spacial score (nSPS) is 21.9. The first-order valence-corrected chi connectivity index (χ1v) is 15.6. The number of methoxy groups -OCH3 is 1. The lowest BCUT2D eigenvalue weighted by Crippen LogP contribution is -2.50. The molecule has 1 unspecified atom stereocenters. The molecule has 0 radical (unpaired) electrons. The number of fused-ring (bicyclic) bond motifs is 4. The van der Waals surface area contributed by atoms with Gasteiger partial charge < -0.3 is 9.47 Å². The molecule has 1 aromatic heterocycles. The number of thiazole rings is 1. The van der Waals surface area contributed by atoms with Gasteiger partial charge in [0, 0.05) is 12.3 Å². The van der Waals surface area contributed by atoms with Crippen molar-refractivity contribution in [2.24, 2.45) is 5.41 Å². The van der Waals surface area contributed by atoms with Gasteiger partial charge in [-0.2, -0.15) is 0 Å². The van der Waals surface area contributed by atoms with Gasteiger partial charge in [0.15, 0.2) is 5.78 Å². The molecule has 43 heavy (non-hydrogen) atoms. The molecule has 1 saturated carbocycles. The zero-order chi connectivity index (χ0) is 30.2. The van der Waals surface area contributed by atoms with Gasteiger partial charge in [-0.25, -0.2) is 9.78 Å². The largest absolute Gasteiger partial charge is 0.465 e. The average Bonchev–Trinajstić information content (AvgIpc) is 3.43. The van der Waals surface area contributed by atoms with E-state index >= 15 is 0 Å². The Hall–Kier alpha value is -3.68. The Kier molecular flexibility index (Phi) is 8.05. The maximum atomic E-state index is 13.8. The second-order valence-electron chi connectivity index (χ2n) is 12.1. The summed E-state index contributed by atoms with van der Waals surface area (Å²) in [7, 11) is 1.38. The van der Waals surface area contributed by atoms with Gasteiger partial charge >= 0.3 is 5.97 Å². The maximum Gasteiger partial charge on any atom is 0.337 e. The molecule has 3 aromatic carbocycles. The van der Waals surface area contributed by atoms with Crippen LogP contribution in [0.15, 0.2) is 78.9 Å². The van der Waals surface area contributed by atoms with E-state index in [1.54, 1.807) is 23.5 Å². The van der Waals surface area contributed by atoms with E-state index in [2.05, 4.69) is 35.8 Å². The standard InChI is InChI=1S/C36H36FNO4S/c1-23(13-18-37)33(39)30(28-6-4-5-26(19-28)27-9-12-31-32(20-27)43-24(2)38-31)21-35-14-16-36(17-15-35,42-22-35)29-10-7-25(8-11-29)34(40)41-3/h4-12,19-20,30H,1,13-18,21-22H2,2-3H3. The van der Waals surface area contributed by atoms with Crippen LogP contribution in [0.25, 0.3) is 21.3 Å². The quantitative estimate of drug-likeness (QED) is 0.135. The predicted octanol–water partition coefficient (Wildman–Crippen LogP) is 8.50. The van der Waals surface area contributed by atoms with Gasteiger partial charge in [0.25, 0.3) is 0 Å². The predicted molar refractivity (Wildman–Crippen MR) is 168 cm³/mol. The molecule has 7 heteroatoms. The van der Waals surface area contributed by atoms with Gasteiger partial charge in [0.05, 0.1) is 46.8 Å². The van der Waals surface area contributed by atoms with Crippen LogP contribution >= 0.6 is 11.3 Å². The van der Waals surface area contributed by atoms with E-state index in [1.807, 2.05) is 37.3 Å². The van der Waals surface area contributed by atoms with Crippen LogP contribution in [0, 0.1) is 12.3 Å². The number of hydrogen-bond acceptors (Lipinski definition) is 6. The summed E-state index contributed by atoms with van der Waals surface area (Å²) in [5.41, 5.74) is 5.41. The Labute approximate surface area is 255 Å². The second-order valence-corrected chi connectivity index (χ2v) is 13.3. The summed E-state index contributed by atoms with van der Waals surface area (Å²) >= 11 is 1.67. The number of ether oxygens (including phenoxy) is 2. The number of halogens is 1. The van der Waals surface area contributed by atoms with Crippen LogP contribution in [0.5, 0.6) is 0 Å². The fourth-order valence-electron chi connectivity index (χ4n) is 6.86. The number of rotatable bonds is 10. The molecule has 222 valence electrons. The molecule has 7 rings (SSSR count). The van der Waals surface area contributed by atoms with Crippen molar-refractivity contribution in [3.8, 4) is 11.1 Å². The van der Waals surface area contributed by atoms with Crippen LogP contribution in [0.2, 0.25) is 0 Å². The number of aromatic nitrogens is 1. The molecule has 0 N–H and O–H groups in total. The molecule has 1 aliphatic carbocycles. The van der Waals surface area contributed by atoms with E-state index in [0.717, 1.165) is 63.2 Å². The highest BCUT2D eigenvalue weighted by molar-refractivity contribution is 7.18. The molecule has 3 fully saturated rings. The first-order valence-electron chi connectivity index (χ1n) is 14.8. The fourth-order valence-corrected chi connectivity index (χ4v) is 7.73. The van der Waals surface area contributed by atoms with Crippen molar-refractivity contribution >= 4 is 33.3 Å². The minimum Gasteiger partial charge on any atom is -0.465 e. The van der Waals surface area contributed by atoms with Crippen LogP contribution in [-0.4, -0.2) is 37.1 Å². The molecular weight excluding hydrogens is 561 g/mol. The van der Waals surface area contributed by atoms with Crippen molar-refractivity contribution in [1.29, 1.82) is 0 Å². The Morgan fingerprint density at radius 3 is 2.47 bits per heavy atom. The van der Waals surface area contributed by atoms with E-state index in [1.165, 1.54) is 7.11 Å². The molecule has 5 nitrogen and oxygen atoms in total. The van der Waals surface area contributed by atoms with Gasteiger partial charge in [-0.05, 0) is 96.5 Å². The molecule has 2 aliphatic heterocycles. The number of ketones is 1. The second kappa shape index (κ2) is 11.8. The van der Waals surface area contributed by atoms with E-state index in [-0.39, 0.29) is 29.2 Å². The van der Waals surface area contributed by atoms with Crippen molar-refractivity contribution in [3.63, 3.8) is 0 Å². The first kappa shape index (κ1) is 29.4. The Balaban J connectivity index is 1.26. The van der Waals surface area contributed by atoms with Gasteiger partial charge in [-0.15, -0.1) is 11.3 Å². The van der Waals surface area contributed by atoms with Crippen LogP contribution in [0.4, 0.5) is 4.39 Å². The summed E-state index contributed by atoms with van der Waals surface area (Å²) < 4.78 is 25.9. The third kappa shape index (κ3) is 5.68. The minimum atomic E-state index is -0.600. The van der Waals surface area contributed by atoms with Crippen LogP contribution in [0.3, 0.4) is 0 Å². The lowest BCUT2D eigenvalue weighted by Gasteiger charge is -2.54. The fraction of sp³-hybridized carbons (Fsp3) is 0.361. The molecule has 1 atom stereocenters. The first-order chi connectivity index (χ1) is 20.7. The number of alkyl halides is 1. The van der Waals surface area contributed by atoms with Crippen molar-refractivity contribution < 1.29 is 23.5 Å². The van der Waals surface area contributed by atoms with Gasteiger partial charge in [-0.1, -0.05) is 49.0 Å². The number of benzene rings is 3. The average molecular weight is 598 g/mol. The zero-order valence-corrected chi connectivity index (χ0v) is 25.5. The summed E-state index contributed by atoms with van der Waals surface area (Å²) in [4.78, 5) is 30.3. The number of carbonyl (C=O) groups is 2. The highest BCUT2D eigenvalue weighted by Crippen LogP contribution is 2.57. The summed E-state index contributed by atoms with van der Waals surface area (Å²) in [5, 5.41) is 1.03. The van der Waals surface area contributed by atoms with Crippen molar-refractivity contribution in [3.05, 3.63) is 101 Å². The number of carbonyl (C=O) groups excluding carboxylic acids is 2. The highest BCUT2D eigenvalue weighted by atomic mass is 32.1. The minimum absolute atomic E-state index is 0.0462. The third-order valence-electron chi connectivity index (χ3n) is 9.42. The summed E-state index contributed by atoms with van der Waals surface area (Å²) in [6.45, 7) is 5.93. The van der Waals surface area contributed by atoms with Crippen molar-refractivity contribution in [2.45, 2.75) is 57.0 Å². The van der Waals surface area contributed by atoms with Crippen LogP contribution in [-0.2, 0) is 19.9 Å². The summed E-state index contributed by atoms with van der Waals surface area (Å²) in [5.74, 6) is -0.870. The topological polar surface area (TPSA) is 65.5 Å². The van der Waals surface area contributed by atoms with E-state index in [4.69, 9.17) is 9.47 Å². The van der Waals surface area contributed by atoms with Gasteiger partial charge in [0.2, 0.25) is 0 Å². The monoisotopic (exact) mass is 597 g/mol. The summed E-state index contributed by atoms with van der Waals surface area (Å²) in [6.07, 6.45) is 4.20. The number of aryl methyl sites for hydroxylation is 1. The third-order valence-corrected chi connectivity index (χ3v) is 10.4. The van der Waals surface area contributed by atoms with Crippen molar-refractivity contribution in [1.82, 2.24) is 4.98 Å². The molecule has 2 bridgehead atoms. The van der Waals surface area contributed by atoms with E-state index in [0.29, 0.717) is 24.2 Å². The highest BCUT2D eigenvalue weighted by Gasteiger charge is 2.51. The van der Waals surface area contributed by atoms with E-state index < -0.39 is 12.6 Å². The molecule has 2 saturated heterocycles. The zero-order valence-electron chi connectivity index (χ0n) is 24.7. The lowest BCUT2D eigenvalue weighted by atomic mass is 9.60. The number of Topliss-reactive ketones (excluding diaryl/α,β-unsaturated/α-hetero) is 1. The molecule has 3 heterocycles. The SMILES string of the molecule is C=C(CCF)C(=O)C(CC12CCC(c3ccc(C(=O)OC)cc3)(CC1)OC2)c1cccc(-c2ccc3nc(C)sc3c2)c1. The van der Waals surface area contributed by atoms with Gasteiger partial charge in [0.1, 0.15) is 0 Å². The number of esters is 1. The van der Waals surface area contributed by atoms with E-state index in [9.17, 15) is 14.0 Å². The Morgan fingerprint density at radius 2 is 1.79 bits per heavy atom. The molecule has 3 aliphatic rings.